The zero-order valence-corrected chi connectivity index (χ0v) is 10.9. The molecule has 0 saturated carbocycles. The quantitative estimate of drug-likeness (QED) is 0.777. The summed E-state index contributed by atoms with van der Waals surface area (Å²) in [5.74, 6) is -2.10. The van der Waals surface area contributed by atoms with Crippen LogP contribution in [0.2, 0.25) is 0 Å². The lowest BCUT2D eigenvalue weighted by atomic mass is 9.79. The highest BCUT2D eigenvalue weighted by Crippen LogP contribution is 2.31. The third-order valence-corrected chi connectivity index (χ3v) is 3.29. The third-order valence-electron chi connectivity index (χ3n) is 3.29. The highest BCUT2D eigenvalue weighted by atomic mass is 19.1. The molecule has 5 nitrogen and oxygen atoms in total. The summed E-state index contributed by atoms with van der Waals surface area (Å²) in [6.07, 6.45) is 0.541. The molecule has 19 heavy (non-hydrogen) atoms. The van der Waals surface area contributed by atoms with E-state index in [0.717, 1.165) is 6.07 Å². The number of nitrogens with one attached hydrogen (secondary N) is 1. The van der Waals surface area contributed by atoms with Crippen molar-refractivity contribution in [3.8, 4) is 0 Å². The van der Waals surface area contributed by atoms with Gasteiger partial charge in [0.25, 0.3) is 0 Å². The SMILES string of the molecule is CCC(CC)(CC(=O)Nc1cccc(F)n1)C(=O)O. The van der Waals surface area contributed by atoms with Gasteiger partial charge in [-0.2, -0.15) is 4.39 Å². The summed E-state index contributed by atoms with van der Waals surface area (Å²) in [5, 5.41) is 11.6. The van der Waals surface area contributed by atoms with Crippen molar-refractivity contribution in [1.29, 1.82) is 0 Å². The second-order valence-corrected chi connectivity index (χ2v) is 4.36. The Hall–Kier alpha value is -1.98. The van der Waals surface area contributed by atoms with Gasteiger partial charge in [-0.25, -0.2) is 4.98 Å². The predicted octanol–water partition coefficient (Wildman–Crippen LogP) is 2.44. The van der Waals surface area contributed by atoms with E-state index >= 15 is 0 Å². The standard InChI is InChI=1S/C13H17FN2O3/c1-3-13(4-2,12(18)19)8-11(17)16-10-7-5-6-9(14)15-10/h5-7H,3-4,8H2,1-2H3,(H,18,19)(H,15,16,17). The van der Waals surface area contributed by atoms with E-state index in [1.54, 1.807) is 13.8 Å². The topological polar surface area (TPSA) is 79.3 Å². The fourth-order valence-electron chi connectivity index (χ4n) is 1.85. The van der Waals surface area contributed by atoms with Crippen molar-refractivity contribution in [2.45, 2.75) is 33.1 Å². The Labute approximate surface area is 110 Å². The van der Waals surface area contributed by atoms with E-state index in [0.29, 0.717) is 12.8 Å². The number of pyridine rings is 1. The number of amides is 1. The van der Waals surface area contributed by atoms with E-state index < -0.39 is 23.2 Å². The number of rotatable bonds is 6. The fourth-order valence-corrected chi connectivity index (χ4v) is 1.85. The Balaban J connectivity index is 2.76. The van der Waals surface area contributed by atoms with Crippen LogP contribution in [0.3, 0.4) is 0 Å². The number of carboxylic acid groups (broad SMARTS) is 1. The molecule has 1 heterocycles. The average Bonchev–Trinajstić information content (AvgIpc) is 2.35. The van der Waals surface area contributed by atoms with Gasteiger partial charge < -0.3 is 10.4 Å². The highest BCUT2D eigenvalue weighted by molar-refractivity contribution is 5.93. The molecule has 1 amide bonds. The monoisotopic (exact) mass is 268 g/mol. The Bertz CT molecular complexity index is 473. The number of hydrogen-bond donors (Lipinski definition) is 2. The molecule has 0 unspecified atom stereocenters. The first-order valence-corrected chi connectivity index (χ1v) is 6.09. The summed E-state index contributed by atoms with van der Waals surface area (Å²) >= 11 is 0. The summed E-state index contributed by atoms with van der Waals surface area (Å²) < 4.78 is 12.9. The molecule has 0 aromatic carbocycles. The van der Waals surface area contributed by atoms with Crippen molar-refractivity contribution in [2.75, 3.05) is 5.32 Å². The van der Waals surface area contributed by atoms with Gasteiger partial charge in [-0.15, -0.1) is 0 Å². The van der Waals surface area contributed by atoms with Crippen LogP contribution >= 0.6 is 0 Å². The number of carbonyl (C=O) groups is 2. The molecular formula is C13H17FN2O3. The number of carboxylic acids is 1. The number of aliphatic carboxylic acids is 1. The largest absolute Gasteiger partial charge is 0.481 e. The number of aromatic nitrogens is 1. The molecule has 2 N–H and O–H groups in total. The van der Waals surface area contributed by atoms with E-state index in [9.17, 15) is 19.1 Å². The van der Waals surface area contributed by atoms with Crippen LogP contribution in [0.5, 0.6) is 0 Å². The summed E-state index contributed by atoms with van der Waals surface area (Å²) in [5.41, 5.74) is -1.09. The van der Waals surface area contributed by atoms with Crippen LogP contribution < -0.4 is 5.32 Å². The van der Waals surface area contributed by atoms with Crippen LogP contribution in [-0.2, 0) is 9.59 Å². The summed E-state index contributed by atoms with van der Waals surface area (Å²) in [6.45, 7) is 3.46. The van der Waals surface area contributed by atoms with E-state index in [1.165, 1.54) is 12.1 Å². The average molecular weight is 268 g/mol. The van der Waals surface area contributed by atoms with Crippen molar-refractivity contribution in [3.63, 3.8) is 0 Å². The number of hydrogen-bond acceptors (Lipinski definition) is 3. The van der Waals surface area contributed by atoms with Crippen LogP contribution in [0.4, 0.5) is 10.2 Å². The minimum absolute atomic E-state index is 0.0801. The molecule has 0 aliphatic rings. The zero-order chi connectivity index (χ0) is 14.5. The minimum atomic E-state index is -1.09. The Morgan fingerprint density at radius 3 is 2.47 bits per heavy atom. The van der Waals surface area contributed by atoms with Crippen LogP contribution in [0.25, 0.3) is 0 Å². The molecule has 0 saturated heterocycles. The third kappa shape index (κ3) is 3.74. The lowest BCUT2D eigenvalue weighted by molar-refractivity contribution is -0.151. The molecule has 6 heteroatoms. The van der Waals surface area contributed by atoms with Gasteiger partial charge in [0.1, 0.15) is 5.82 Å². The van der Waals surface area contributed by atoms with E-state index in [1.807, 2.05) is 0 Å². The molecule has 0 bridgehead atoms. The predicted molar refractivity (Wildman–Crippen MR) is 68.1 cm³/mol. The van der Waals surface area contributed by atoms with Crippen LogP contribution in [0, 0.1) is 11.4 Å². The molecule has 0 spiro atoms. The van der Waals surface area contributed by atoms with Gasteiger partial charge in [-0.3, -0.25) is 9.59 Å². The second-order valence-electron chi connectivity index (χ2n) is 4.36. The first-order valence-electron chi connectivity index (χ1n) is 6.09. The summed E-state index contributed by atoms with van der Waals surface area (Å²) in [7, 11) is 0. The van der Waals surface area contributed by atoms with Gasteiger partial charge in [-0.05, 0) is 25.0 Å². The molecule has 0 atom stereocenters. The molecule has 0 aliphatic carbocycles. The molecule has 0 aliphatic heterocycles. The first kappa shape index (κ1) is 15.1. The van der Waals surface area contributed by atoms with Crippen LogP contribution in [0.1, 0.15) is 33.1 Å². The number of halogens is 1. The summed E-state index contributed by atoms with van der Waals surface area (Å²) in [6, 6.07) is 4.03. The molecular weight excluding hydrogens is 251 g/mol. The normalized spacial score (nSPS) is 11.1. The van der Waals surface area contributed by atoms with Gasteiger partial charge in [0, 0.05) is 6.42 Å². The van der Waals surface area contributed by atoms with Crippen molar-refractivity contribution in [1.82, 2.24) is 4.98 Å². The number of anilines is 1. The van der Waals surface area contributed by atoms with E-state index in [4.69, 9.17) is 0 Å². The van der Waals surface area contributed by atoms with Gasteiger partial charge in [0.2, 0.25) is 11.9 Å². The zero-order valence-electron chi connectivity index (χ0n) is 10.9. The maximum absolute atomic E-state index is 12.9. The number of nitrogens with zero attached hydrogens (tertiary/aromatic N) is 1. The molecule has 1 rings (SSSR count). The molecule has 104 valence electrons. The Kier molecular flexibility index (Phi) is 4.97. The van der Waals surface area contributed by atoms with Gasteiger partial charge in [0.05, 0.1) is 5.41 Å². The van der Waals surface area contributed by atoms with Crippen molar-refractivity contribution >= 4 is 17.7 Å². The maximum atomic E-state index is 12.9. The van der Waals surface area contributed by atoms with Crippen molar-refractivity contribution < 1.29 is 19.1 Å². The van der Waals surface area contributed by atoms with Crippen LogP contribution in [0.15, 0.2) is 18.2 Å². The van der Waals surface area contributed by atoms with Crippen LogP contribution in [-0.4, -0.2) is 22.0 Å². The van der Waals surface area contributed by atoms with Crippen molar-refractivity contribution in [3.05, 3.63) is 24.1 Å². The number of carbonyl (C=O) groups excluding carboxylic acids is 1. The van der Waals surface area contributed by atoms with Gasteiger partial charge in [0.15, 0.2) is 0 Å². The lowest BCUT2D eigenvalue weighted by Crippen LogP contribution is -2.34. The molecule has 0 radical (unpaired) electrons. The fraction of sp³-hybridized carbons (Fsp3) is 0.462. The highest BCUT2D eigenvalue weighted by Gasteiger charge is 2.37. The Morgan fingerprint density at radius 2 is 2.00 bits per heavy atom. The smallest absolute Gasteiger partial charge is 0.310 e. The molecule has 0 fully saturated rings. The van der Waals surface area contributed by atoms with E-state index in [2.05, 4.69) is 10.3 Å². The lowest BCUT2D eigenvalue weighted by Gasteiger charge is -2.25. The first-order chi connectivity index (χ1) is 8.93. The minimum Gasteiger partial charge on any atom is -0.481 e. The molecule has 1 aromatic rings. The maximum Gasteiger partial charge on any atom is 0.310 e. The van der Waals surface area contributed by atoms with Gasteiger partial charge in [-0.1, -0.05) is 19.9 Å². The Morgan fingerprint density at radius 1 is 1.37 bits per heavy atom. The second kappa shape index (κ2) is 6.26. The van der Waals surface area contributed by atoms with E-state index in [-0.39, 0.29) is 12.2 Å². The summed E-state index contributed by atoms with van der Waals surface area (Å²) in [4.78, 5) is 26.6. The molecule has 1 aromatic heterocycles. The van der Waals surface area contributed by atoms with Crippen molar-refractivity contribution in [2.24, 2.45) is 5.41 Å². The van der Waals surface area contributed by atoms with Gasteiger partial charge >= 0.3 is 5.97 Å².